The molecule has 0 saturated carbocycles. The van der Waals surface area contributed by atoms with Crippen LogP contribution in [0.3, 0.4) is 0 Å². The van der Waals surface area contributed by atoms with Gasteiger partial charge in [-0.05, 0) is 24.6 Å². The Morgan fingerprint density at radius 2 is 1.90 bits per heavy atom. The van der Waals surface area contributed by atoms with Crippen molar-refractivity contribution in [3.05, 3.63) is 29.3 Å². The number of nitrogens with zero attached hydrogens (tertiary/aromatic N) is 1. The maximum Gasteiger partial charge on any atom is 0.416 e. The second kappa shape index (κ2) is 4.99. The van der Waals surface area contributed by atoms with Crippen LogP contribution >= 0.6 is 0 Å². The summed E-state index contributed by atoms with van der Waals surface area (Å²) >= 11 is 0. The third-order valence-electron chi connectivity index (χ3n) is 3.40. The number of alkyl halides is 3. The van der Waals surface area contributed by atoms with E-state index in [1.54, 1.807) is 0 Å². The molecule has 0 amide bonds. The van der Waals surface area contributed by atoms with E-state index in [4.69, 9.17) is 5.11 Å². The lowest BCUT2D eigenvalue weighted by atomic mass is 10.0. The molecule has 1 heterocycles. The van der Waals surface area contributed by atoms with Crippen molar-refractivity contribution in [3.8, 4) is 0 Å². The Morgan fingerprint density at radius 1 is 1.33 bits per heavy atom. The molecule has 0 aliphatic carbocycles. The molecule has 0 bridgehead atoms. The lowest BCUT2D eigenvalue weighted by Gasteiger charge is -2.35. The molecule has 1 aromatic rings. The predicted octanol–water partition coefficient (Wildman–Crippen LogP) is 1.72. The summed E-state index contributed by atoms with van der Waals surface area (Å²) in [5, 5.41) is 8.72. The second-order valence-corrected chi connectivity index (χ2v) is 6.69. The van der Waals surface area contributed by atoms with E-state index in [0.717, 1.165) is 29.4 Å². The van der Waals surface area contributed by atoms with Gasteiger partial charge in [0.2, 0.25) is 10.0 Å². The molecule has 0 unspecified atom stereocenters. The molecule has 1 N–H and O–H groups in total. The van der Waals surface area contributed by atoms with Crippen LogP contribution < -0.4 is 0 Å². The third-order valence-corrected chi connectivity index (χ3v) is 5.38. The lowest BCUT2D eigenvalue weighted by Crippen LogP contribution is -2.52. The Hall–Kier alpha value is -1.61. The molecule has 116 valence electrons. The highest BCUT2D eigenvalue weighted by atomic mass is 32.2. The molecule has 0 radical (unpaired) electrons. The lowest BCUT2D eigenvalue weighted by molar-refractivity contribution is -0.145. The van der Waals surface area contributed by atoms with Gasteiger partial charge in [-0.15, -0.1) is 0 Å². The van der Waals surface area contributed by atoms with E-state index in [0.29, 0.717) is 0 Å². The summed E-state index contributed by atoms with van der Waals surface area (Å²) in [6.07, 6.45) is -4.64. The van der Waals surface area contributed by atoms with Gasteiger partial charge in [-0.1, -0.05) is 6.07 Å². The van der Waals surface area contributed by atoms with Crippen LogP contribution in [0.4, 0.5) is 13.2 Å². The molecular weight excluding hydrogens is 311 g/mol. The minimum atomic E-state index is -4.64. The Kier molecular flexibility index (Phi) is 3.75. The van der Waals surface area contributed by atoms with E-state index >= 15 is 0 Å². The van der Waals surface area contributed by atoms with Gasteiger partial charge in [-0.25, -0.2) is 8.42 Å². The summed E-state index contributed by atoms with van der Waals surface area (Å²) < 4.78 is 63.8. The number of hydrogen-bond acceptors (Lipinski definition) is 3. The maximum absolute atomic E-state index is 12.8. The van der Waals surface area contributed by atoms with E-state index in [1.807, 2.05) is 0 Å². The minimum absolute atomic E-state index is 0.229. The zero-order valence-electron chi connectivity index (χ0n) is 10.9. The number of carboxylic acids is 1. The van der Waals surface area contributed by atoms with Crippen LogP contribution in [0.2, 0.25) is 0 Å². The van der Waals surface area contributed by atoms with E-state index in [9.17, 15) is 26.4 Å². The van der Waals surface area contributed by atoms with Crippen molar-refractivity contribution in [1.29, 1.82) is 0 Å². The fourth-order valence-electron chi connectivity index (χ4n) is 2.13. The average molecular weight is 323 g/mol. The van der Waals surface area contributed by atoms with Crippen LogP contribution in [0, 0.1) is 12.8 Å². The largest absolute Gasteiger partial charge is 0.481 e. The zero-order valence-corrected chi connectivity index (χ0v) is 11.7. The molecule has 1 aliphatic heterocycles. The first-order chi connectivity index (χ1) is 9.55. The van der Waals surface area contributed by atoms with Crippen molar-refractivity contribution in [2.45, 2.75) is 18.0 Å². The first-order valence-electron chi connectivity index (χ1n) is 5.95. The maximum atomic E-state index is 12.8. The van der Waals surface area contributed by atoms with Gasteiger partial charge in [0.1, 0.15) is 0 Å². The highest BCUT2D eigenvalue weighted by molar-refractivity contribution is 7.89. The number of rotatable bonds is 3. The number of aliphatic carboxylic acids is 1. The molecule has 21 heavy (non-hydrogen) atoms. The van der Waals surface area contributed by atoms with Crippen LogP contribution in [0.15, 0.2) is 23.1 Å². The second-order valence-electron chi connectivity index (χ2n) is 4.78. The molecule has 1 aliphatic rings. The number of hydrogen-bond donors (Lipinski definition) is 1. The highest BCUT2D eigenvalue weighted by Gasteiger charge is 2.42. The van der Waals surface area contributed by atoms with Gasteiger partial charge in [0.25, 0.3) is 0 Å². The van der Waals surface area contributed by atoms with E-state index in [1.165, 1.54) is 0 Å². The summed E-state index contributed by atoms with van der Waals surface area (Å²) in [7, 11) is -4.11. The zero-order chi connectivity index (χ0) is 16.0. The first-order valence-corrected chi connectivity index (χ1v) is 7.39. The third kappa shape index (κ3) is 2.75. The van der Waals surface area contributed by atoms with Gasteiger partial charge in [-0.2, -0.15) is 17.5 Å². The molecule has 0 atom stereocenters. The van der Waals surface area contributed by atoms with Crippen LogP contribution in [0.5, 0.6) is 0 Å². The molecule has 1 saturated heterocycles. The van der Waals surface area contributed by atoms with Gasteiger partial charge in [0, 0.05) is 13.1 Å². The van der Waals surface area contributed by atoms with Gasteiger partial charge in [0.15, 0.2) is 0 Å². The highest BCUT2D eigenvalue weighted by Crippen LogP contribution is 2.36. The molecular formula is C12H12F3NO4S. The molecule has 0 spiro atoms. The number of carbonyl (C=O) groups is 1. The van der Waals surface area contributed by atoms with Gasteiger partial charge in [0.05, 0.1) is 16.4 Å². The summed E-state index contributed by atoms with van der Waals surface area (Å²) in [5.74, 6) is -1.94. The number of sulfonamides is 1. The van der Waals surface area contributed by atoms with Crippen molar-refractivity contribution < 1.29 is 31.5 Å². The van der Waals surface area contributed by atoms with E-state index < -0.39 is 38.5 Å². The summed E-state index contributed by atoms with van der Waals surface area (Å²) in [6.45, 7) is 0.630. The normalized spacial score (nSPS) is 17.5. The van der Waals surface area contributed by atoms with Crippen molar-refractivity contribution in [2.75, 3.05) is 13.1 Å². The minimum Gasteiger partial charge on any atom is -0.481 e. The number of carboxylic acid groups (broad SMARTS) is 1. The monoisotopic (exact) mass is 323 g/mol. The standard InChI is InChI=1S/C12H12F3NO4S/c1-7-9(12(13,14)15)3-2-4-10(7)21(19,20)16-5-8(6-16)11(17)18/h2-4,8H,5-6H2,1H3,(H,17,18). The van der Waals surface area contributed by atoms with Crippen molar-refractivity contribution in [3.63, 3.8) is 0 Å². The molecule has 1 aromatic carbocycles. The van der Waals surface area contributed by atoms with Gasteiger partial charge >= 0.3 is 12.1 Å². The summed E-state index contributed by atoms with van der Waals surface area (Å²) in [6, 6.07) is 2.93. The summed E-state index contributed by atoms with van der Waals surface area (Å²) in [5.41, 5.74) is -1.40. The Bertz CT molecular complexity index is 678. The number of benzene rings is 1. The SMILES string of the molecule is Cc1c(C(F)(F)F)cccc1S(=O)(=O)N1CC(C(=O)O)C1. The van der Waals surface area contributed by atoms with Crippen LogP contribution in [0.1, 0.15) is 11.1 Å². The average Bonchev–Trinajstić information content (AvgIpc) is 2.23. The van der Waals surface area contributed by atoms with E-state index in [2.05, 4.69) is 0 Å². The van der Waals surface area contributed by atoms with Crippen molar-refractivity contribution >= 4 is 16.0 Å². The van der Waals surface area contributed by atoms with Gasteiger partial charge < -0.3 is 5.11 Å². The van der Waals surface area contributed by atoms with Crippen LogP contribution in [-0.2, 0) is 21.0 Å². The Balaban J connectivity index is 2.37. The Morgan fingerprint density at radius 3 is 2.38 bits per heavy atom. The van der Waals surface area contributed by atoms with Crippen molar-refractivity contribution in [1.82, 2.24) is 4.31 Å². The molecule has 9 heteroatoms. The fourth-order valence-corrected chi connectivity index (χ4v) is 3.91. The Labute approximate surface area is 119 Å². The summed E-state index contributed by atoms with van der Waals surface area (Å²) in [4.78, 5) is 10.2. The predicted molar refractivity (Wildman–Crippen MR) is 66.1 cm³/mol. The molecule has 1 fully saturated rings. The topological polar surface area (TPSA) is 74.7 Å². The van der Waals surface area contributed by atoms with Gasteiger partial charge in [-0.3, -0.25) is 4.79 Å². The van der Waals surface area contributed by atoms with Crippen LogP contribution in [-0.4, -0.2) is 36.9 Å². The number of halogens is 3. The molecule has 0 aromatic heterocycles. The molecule has 2 rings (SSSR count). The fraction of sp³-hybridized carbons (Fsp3) is 0.417. The van der Waals surface area contributed by atoms with E-state index in [-0.39, 0.29) is 18.7 Å². The quantitative estimate of drug-likeness (QED) is 0.919. The molecule has 5 nitrogen and oxygen atoms in total. The first kappa shape index (κ1) is 15.8. The smallest absolute Gasteiger partial charge is 0.416 e. The van der Waals surface area contributed by atoms with Crippen molar-refractivity contribution in [2.24, 2.45) is 5.92 Å². The van der Waals surface area contributed by atoms with Crippen LogP contribution in [0.25, 0.3) is 0 Å².